The van der Waals surface area contributed by atoms with Crippen LogP contribution in [0.3, 0.4) is 0 Å². The number of nitrogens with zero attached hydrogens (tertiary/aromatic N) is 3. The Morgan fingerprint density at radius 3 is 3.14 bits per heavy atom. The summed E-state index contributed by atoms with van der Waals surface area (Å²) < 4.78 is 2.11. The highest BCUT2D eigenvalue weighted by Crippen LogP contribution is 2.30. The summed E-state index contributed by atoms with van der Waals surface area (Å²) in [6, 6.07) is 5.71. The van der Waals surface area contributed by atoms with Crippen molar-refractivity contribution in [2.24, 2.45) is 0 Å². The number of halogens is 1. The van der Waals surface area contributed by atoms with Crippen LogP contribution in [0.5, 0.6) is 0 Å². The SMILES string of the molecule is CCN(CCSc1nc2cc(Cl)ccc2s1)C(=N)NC#N. The largest absolute Gasteiger partial charge is 0.342 e. The zero-order chi connectivity index (χ0) is 15.2. The van der Waals surface area contributed by atoms with E-state index in [-0.39, 0.29) is 5.96 Å². The lowest BCUT2D eigenvalue weighted by Gasteiger charge is -2.21. The maximum absolute atomic E-state index is 8.53. The van der Waals surface area contributed by atoms with Gasteiger partial charge >= 0.3 is 0 Å². The van der Waals surface area contributed by atoms with Crippen LogP contribution >= 0.6 is 34.7 Å². The Labute approximate surface area is 136 Å². The molecule has 0 unspecified atom stereocenters. The third kappa shape index (κ3) is 4.24. The number of nitriles is 1. The van der Waals surface area contributed by atoms with Gasteiger partial charge in [-0.25, -0.2) is 4.98 Å². The lowest BCUT2D eigenvalue weighted by Crippen LogP contribution is -2.39. The van der Waals surface area contributed by atoms with Crippen molar-refractivity contribution in [3.05, 3.63) is 23.2 Å². The molecule has 0 bridgehead atoms. The number of hydrogen-bond donors (Lipinski definition) is 2. The Morgan fingerprint density at radius 2 is 2.43 bits per heavy atom. The van der Waals surface area contributed by atoms with E-state index >= 15 is 0 Å². The van der Waals surface area contributed by atoms with Crippen molar-refractivity contribution in [1.82, 2.24) is 15.2 Å². The summed E-state index contributed by atoms with van der Waals surface area (Å²) >= 11 is 9.23. The fourth-order valence-corrected chi connectivity index (χ4v) is 3.99. The molecule has 8 heteroatoms. The summed E-state index contributed by atoms with van der Waals surface area (Å²) in [6.45, 7) is 3.33. The molecule has 0 atom stereocenters. The third-order valence-electron chi connectivity index (χ3n) is 2.79. The Bertz CT molecular complexity index is 679. The fraction of sp³-hybridized carbons (Fsp3) is 0.308. The molecule has 1 aromatic heterocycles. The highest BCUT2D eigenvalue weighted by atomic mass is 35.5. The number of fused-ring (bicyclic) bond motifs is 1. The van der Waals surface area contributed by atoms with Crippen molar-refractivity contribution in [3.63, 3.8) is 0 Å². The van der Waals surface area contributed by atoms with Gasteiger partial charge < -0.3 is 4.90 Å². The summed E-state index contributed by atoms with van der Waals surface area (Å²) in [5.41, 5.74) is 0.918. The number of thiazole rings is 1. The van der Waals surface area contributed by atoms with Gasteiger partial charge in [0.25, 0.3) is 0 Å². The first-order chi connectivity index (χ1) is 10.1. The summed E-state index contributed by atoms with van der Waals surface area (Å²) in [5.74, 6) is 0.938. The van der Waals surface area contributed by atoms with E-state index in [1.807, 2.05) is 25.1 Å². The molecular weight excluding hydrogens is 326 g/mol. The van der Waals surface area contributed by atoms with E-state index in [0.717, 1.165) is 20.3 Å². The first-order valence-corrected chi connectivity index (χ1v) is 8.49. The van der Waals surface area contributed by atoms with Crippen LogP contribution in [0.15, 0.2) is 22.5 Å². The predicted octanol–water partition coefficient (Wildman–Crippen LogP) is 3.37. The van der Waals surface area contributed by atoms with E-state index in [9.17, 15) is 0 Å². The molecule has 0 aliphatic carbocycles. The molecule has 2 N–H and O–H groups in total. The number of guanidine groups is 1. The first-order valence-electron chi connectivity index (χ1n) is 6.31. The summed E-state index contributed by atoms with van der Waals surface area (Å²) in [7, 11) is 0. The van der Waals surface area contributed by atoms with E-state index in [0.29, 0.717) is 18.1 Å². The van der Waals surface area contributed by atoms with Gasteiger partial charge in [0.1, 0.15) is 0 Å². The smallest absolute Gasteiger partial charge is 0.204 e. The van der Waals surface area contributed by atoms with Gasteiger partial charge in [-0.1, -0.05) is 23.4 Å². The molecule has 2 aromatic rings. The van der Waals surface area contributed by atoms with Gasteiger partial charge in [0, 0.05) is 23.9 Å². The van der Waals surface area contributed by atoms with E-state index < -0.39 is 0 Å². The van der Waals surface area contributed by atoms with Crippen LogP contribution in [0.25, 0.3) is 10.2 Å². The van der Waals surface area contributed by atoms with Crippen molar-refractivity contribution < 1.29 is 0 Å². The summed E-state index contributed by atoms with van der Waals surface area (Å²) in [5, 5.41) is 19.3. The quantitative estimate of drug-likeness (QED) is 0.287. The summed E-state index contributed by atoms with van der Waals surface area (Å²) in [6.07, 6.45) is 1.77. The topological polar surface area (TPSA) is 75.8 Å². The van der Waals surface area contributed by atoms with Gasteiger partial charge in [-0.05, 0) is 25.1 Å². The van der Waals surface area contributed by atoms with E-state index in [1.54, 1.807) is 34.2 Å². The van der Waals surface area contributed by atoms with Crippen molar-refractivity contribution in [2.45, 2.75) is 11.3 Å². The number of thioether (sulfide) groups is 1. The lowest BCUT2D eigenvalue weighted by molar-refractivity contribution is 0.454. The molecule has 0 aliphatic rings. The van der Waals surface area contributed by atoms with Crippen molar-refractivity contribution >= 4 is 50.9 Å². The fourth-order valence-electron chi connectivity index (χ4n) is 1.74. The minimum Gasteiger partial charge on any atom is -0.342 e. The average molecular weight is 340 g/mol. The van der Waals surface area contributed by atoms with Crippen LogP contribution in [0.2, 0.25) is 5.02 Å². The molecule has 21 heavy (non-hydrogen) atoms. The van der Waals surface area contributed by atoms with Crippen LogP contribution in [0.4, 0.5) is 0 Å². The molecule has 0 amide bonds. The first kappa shape index (κ1) is 15.9. The molecule has 5 nitrogen and oxygen atoms in total. The number of hydrogen-bond acceptors (Lipinski definition) is 5. The monoisotopic (exact) mass is 339 g/mol. The molecule has 2 rings (SSSR count). The normalized spacial score (nSPS) is 10.3. The third-order valence-corrected chi connectivity index (χ3v) is 5.18. The maximum atomic E-state index is 8.53. The van der Waals surface area contributed by atoms with E-state index in [1.165, 1.54) is 0 Å². The molecule has 110 valence electrons. The Balaban J connectivity index is 1.92. The second-order valence-electron chi connectivity index (χ2n) is 4.11. The lowest BCUT2D eigenvalue weighted by atomic mass is 10.3. The van der Waals surface area contributed by atoms with Gasteiger partial charge in [0.05, 0.1) is 10.2 Å². The second-order valence-corrected chi connectivity index (χ2v) is 6.91. The minimum atomic E-state index is 0.136. The molecule has 1 aromatic carbocycles. The van der Waals surface area contributed by atoms with E-state index in [2.05, 4.69) is 10.3 Å². The highest BCUT2D eigenvalue weighted by molar-refractivity contribution is 8.01. The molecule has 0 spiro atoms. The van der Waals surface area contributed by atoms with Gasteiger partial charge in [0.15, 0.2) is 10.5 Å². The molecule has 1 heterocycles. The van der Waals surface area contributed by atoms with Crippen molar-refractivity contribution in [2.75, 3.05) is 18.8 Å². The number of benzene rings is 1. The molecule has 0 saturated heterocycles. The predicted molar refractivity (Wildman–Crippen MR) is 89.1 cm³/mol. The number of nitrogens with one attached hydrogen (secondary N) is 2. The standard InChI is InChI=1S/C13H14ClN5S2/c1-2-19(12(16)17-8-15)5-6-20-13-18-10-7-9(14)3-4-11(10)21-13/h3-4,7H,2,5-6H2,1H3,(H2,16,17). The average Bonchev–Trinajstić information content (AvgIpc) is 2.85. The van der Waals surface area contributed by atoms with Crippen LogP contribution in [-0.2, 0) is 0 Å². The van der Waals surface area contributed by atoms with Crippen LogP contribution in [-0.4, -0.2) is 34.7 Å². The number of aromatic nitrogens is 1. The van der Waals surface area contributed by atoms with E-state index in [4.69, 9.17) is 22.3 Å². The maximum Gasteiger partial charge on any atom is 0.204 e. The molecule has 0 saturated carbocycles. The Morgan fingerprint density at radius 1 is 1.62 bits per heavy atom. The zero-order valence-corrected chi connectivity index (χ0v) is 13.8. The van der Waals surface area contributed by atoms with Gasteiger partial charge in [-0.2, -0.15) is 5.26 Å². The zero-order valence-electron chi connectivity index (χ0n) is 11.4. The van der Waals surface area contributed by atoms with Crippen LogP contribution < -0.4 is 5.32 Å². The van der Waals surface area contributed by atoms with Crippen LogP contribution in [0.1, 0.15) is 6.92 Å². The van der Waals surface area contributed by atoms with Crippen LogP contribution in [0, 0.1) is 16.9 Å². The number of rotatable bonds is 5. The highest BCUT2D eigenvalue weighted by Gasteiger charge is 2.09. The van der Waals surface area contributed by atoms with Gasteiger partial charge in [-0.15, -0.1) is 11.3 Å². The molecule has 0 aliphatic heterocycles. The van der Waals surface area contributed by atoms with Crippen molar-refractivity contribution in [1.29, 1.82) is 10.7 Å². The van der Waals surface area contributed by atoms with Gasteiger partial charge in [-0.3, -0.25) is 10.7 Å². The Kier molecular flexibility index (Phi) is 5.67. The molecular formula is C13H14ClN5S2. The molecule has 0 radical (unpaired) electrons. The molecule has 0 fully saturated rings. The minimum absolute atomic E-state index is 0.136. The summed E-state index contributed by atoms with van der Waals surface area (Å²) in [4.78, 5) is 6.34. The second kappa shape index (κ2) is 7.50. The van der Waals surface area contributed by atoms with Gasteiger partial charge in [0.2, 0.25) is 5.96 Å². The Hall–Kier alpha value is -1.49. The van der Waals surface area contributed by atoms with Crippen molar-refractivity contribution in [3.8, 4) is 6.19 Å².